The first kappa shape index (κ1) is 11.1. The molecule has 0 radical (unpaired) electrons. The van der Waals surface area contributed by atoms with Gasteiger partial charge < -0.3 is 9.64 Å². The third kappa shape index (κ3) is 3.38. The van der Waals surface area contributed by atoms with Crippen molar-refractivity contribution in [2.24, 2.45) is 0 Å². The van der Waals surface area contributed by atoms with Gasteiger partial charge in [0.25, 0.3) is 0 Å². The highest BCUT2D eigenvalue weighted by atomic mass is 16.5. The van der Waals surface area contributed by atoms with Crippen molar-refractivity contribution in [3.8, 4) is 5.75 Å². The van der Waals surface area contributed by atoms with E-state index >= 15 is 0 Å². The summed E-state index contributed by atoms with van der Waals surface area (Å²) in [4.78, 5) is 2.15. The van der Waals surface area contributed by atoms with Crippen molar-refractivity contribution < 1.29 is 4.74 Å². The summed E-state index contributed by atoms with van der Waals surface area (Å²) in [7, 11) is 4.12. The summed E-state index contributed by atoms with van der Waals surface area (Å²) in [5.41, 5.74) is 1.26. The molecule has 1 aromatic rings. The Morgan fingerprint density at radius 1 is 1.21 bits per heavy atom. The van der Waals surface area contributed by atoms with E-state index in [-0.39, 0.29) is 0 Å². The van der Waals surface area contributed by atoms with E-state index in [1.807, 2.05) is 12.1 Å². The Labute approximate surface area is 86.5 Å². The Kier molecular flexibility index (Phi) is 3.96. The summed E-state index contributed by atoms with van der Waals surface area (Å²) in [6.45, 7) is 4.95. The van der Waals surface area contributed by atoms with Gasteiger partial charge in [0.1, 0.15) is 12.4 Å². The zero-order valence-corrected chi connectivity index (χ0v) is 9.45. The highest BCUT2D eigenvalue weighted by molar-refractivity contribution is 5.26. The molecule has 0 amide bonds. The monoisotopic (exact) mass is 193 g/mol. The highest BCUT2D eigenvalue weighted by Gasteiger charge is 2.04. The summed E-state index contributed by atoms with van der Waals surface area (Å²) in [5, 5.41) is 0. The van der Waals surface area contributed by atoms with Gasteiger partial charge in [0.15, 0.2) is 0 Å². The van der Waals surface area contributed by atoms with Gasteiger partial charge >= 0.3 is 0 Å². The van der Waals surface area contributed by atoms with Crippen LogP contribution in [-0.2, 0) is 0 Å². The van der Waals surface area contributed by atoms with Gasteiger partial charge in [-0.2, -0.15) is 0 Å². The van der Waals surface area contributed by atoms with Gasteiger partial charge in [-0.05, 0) is 40.1 Å². The fourth-order valence-electron chi connectivity index (χ4n) is 1.00. The summed E-state index contributed by atoms with van der Waals surface area (Å²) in [6, 6.07) is 8.59. The number of aryl methyl sites for hydroxylation is 1. The minimum Gasteiger partial charge on any atom is -0.492 e. The molecular weight excluding hydrogens is 174 g/mol. The average molecular weight is 193 g/mol. The molecule has 78 valence electrons. The van der Waals surface area contributed by atoms with Crippen molar-refractivity contribution >= 4 is 0 Å². The molecule has 14 heavy (non-hydrogen) atoms. The molecule has 0 fully saturated rings. The third-order valence-electron chi connectivity index (χ3n) is 2.39. The van der Waals surface area contributed by atoms with Gasteiger partial charge in [0.05, 0.1) is 0 Å². The van der Waals surface area contributed by atoms with E-state index in [1.54, 1.807) is 0 Å². The van der Waals surface area contributed by atoms with Crippen molar-refractivity contribution in [3.05, 3.63) is 29.8 Å². The van der Waals surface area contributed by atoms with Crippen LogP contribution in [0.15, 0.2) is 24.3 Å². The molecule has 0 aromatic heterocycles. The molecule has 1 aromatic carbocycles. The van der Waals surface area contributed by atoms with Crippen LogP contribution in [0, 0.1) is 6.92 Å². The molecule has 0 saturated carbocycles. The van der Waals surface area contributed by atoms with E-state index in [0.29, 0.717) is 6.04 Å². The van der Waals surface area contributed by atoms with Gasteiger partial charge in [-0.1, -0.05) is 17.7 Å². The van der Waals surface area contributed by atoms with Crippen LogP contribution in [0.3, 0.4) is 0 Å². The Morgan fingerprint density at radius 2 is 1.79 bits per heavy atom. The second kappa shape index (κ2) is 5.01. The Balaban J connectivity index is 2.42. The molecule has 1 unspecified atom stereocenters. The maximum Gasteiger partial charge on any atom is 0.119 e. The van der Waals surface area contributed by atoms with Crippen molar-refractivity contribution in [1.29, 1.82) is 0 Å². The molecule has 0 aliphatic carbocycles. The lowest BCUT2D eigenvalue weighted by molar-refractivity contribution is 0.198. The minimum atomic E-state index is 0.441. The molecule has 1 rings (SSSR count). The molecule has 1 atom stereocenters. The Bertz CT molecular complexity index is 266. The first-order chi connectivity index (χ1) is 6.59. The van der Waals surface area contributed by atoms with Gasteiger partial charge in [-0.3, -0.25) is 0 Å². The predicted octanol–water partition coefficient (Wildman–Crippen LogP) is 2.32. The predicted molar refractivity (Wildman–Crippen MR) is 59.8 cm³/mol. The van der Waals surface area contributed by atoms with Crippen molar-refractivity contribution in [2.45, 2.75) is 19.9 Å². The number of hydrogen-bond acceptors (Lipinski definition) is 2. The van der Waals surface area contributed by atoms with Crippen molar-refractivity contribution in [2.75, 3.05) is 20.7 Å². The first-order valence-electron chi connectivity index (χ1n) is 4.95. The molecule has 0 heterocycles. The van der Waals surface area contributed by atoms with Crippen LogP contribution >= 0.6 is 0 Å². The van der Waals surface area contributed by atoms with Crippen LogP contribution in [0.25, 0.3) is 0 Å². The van der Waals surface area contributed by atoms with Crippen LogP contribution in [0.1, 0.15) is 12.5 Å². The largest absolute Gasteiger partial charge is 0.492 e. The molecule has 0 N–H and O–H groups in total. The third-order valence-corrected chi connectivity index (χ3v) is 2.39. The molecule has 2 heteroatoms. The normalized spacial score (nSPS) is 12.9. The molecule has 0 spiro atoms. The zero-order valence-electron chi connectivity index (χ0n) is 9.45. The maximum absolute atomic E-state index is 5.64. The highest BCUT2D eigenvalue weighted by Crippen LogP contribution is 2.11. The fourth-order valence-corrected chi connectivity index (χ4v) is 1.00. The van der Waals surface area contributed by atoms with Crippen LogP contribution in [0.5, 0.6) is 5.75 Å². The second-order valence-electron chi connectivity index (χ2n) is 3.94. The molecule has 0 aliphatic heterocycles. The van der Waals surface area contributed by atoms with Crippen LogP contribution < -0.4 is 4.74 Å². The number of nitrogens with zero attached hydrogens (tertiary/aromatic N) is 1. The first-order valence-corrected chi connectivity index (χ1v) is 4.95. The van der Waals surface area contributed by atoms with E-state index in [2.05, 4.69) is 45.0 Å². The van der Waals surface area contributed by atoms with E-state index < -0.39 is 0 Å². The fraction of sp³-hybridized carbons (Fsp3) is 0.500. The molecule has 2 nitrogen and oxygen atoms in total. The summed E-state index contributed by atoms with van der Waals surface area (Å²) < 4.78 is 5.64. The quantitative estimate of drug-likeness (QED) is 0.727. The lowest BCUT2D eigenvalue weighted by Crippen LogP contribution is -2.30. The van der Waals surface area contributed by atoms with E-state index in [1.165, 1.54) is 5.56 Å². The van der Waals surface area contributed by atoms with E-state index in [4.69, 9.17) is 4.74 Å². The Morgan fingerprint density at radius 3 is 2.29 bits per heavy atom. The summed E-state index contributed by atoms with van der Waals surface area (Å²) in [6.07, 6.45) is 0. The molecule has 0 bridgehead atoms. The molecule has 0 saturated heterocycles. The zero-order chi connectivity index (χ0) is 10.6. The van der Waals surface area contributed by atoms with E-state index in [9.17, 15) is 0 Å². The number of ether oxygens (including phenoxy) is 1. The van der Waals surface area contributed by atoms with Crippen molar-refractivity contribution in [1.82, 2.24) is 4.90 Å². The summed E-state index contributed by atoms with van der Waals surface area (Å²) >= 11 is 0. The SMILES string of the molecule is Cc1ccc(OCC(C)N(C)C)cc1. The smallest absolute Gasteiger partial charge is 0.119 e. The second-order valence-corrected chi connectivity index (χ2v) is 3.94. The van der Waals surface area contributed by atoms with Gasteiger partial charge in [0, 0.05) is 6.04 Å². The number of hydrogen-bond donors (Lipinski definition) is 0. The topological polar surface area (TPSA) is 12.5 Å². The number of benzene rings is 1. The summed E-state index contributed by atoms with van der Waals surface area (Å²) in [5.74, 6) is 0.948. The van der Waals surface area contributed by atoms with Crippen LogP contribution in [0.2, 0.25) is 0 Å². The Hall–Kier alpha value is -1.02. The van der Waals surface area contributed by atoms with Crippen LogP contribution in [-0.4, -0.2) is 31.6 Å². The standard InChI is InChI=1S/C12H19NO/c1-10-5-7-12(8-6-10)14-9-11(2)13(3)4/h5-8,11H,9H2,1-4H3. The molecular formula is C12H19NO. The lowest BCUT2D eigenvalue weighted by Gasteiger charge is -2.19. The lowest BCUT2D eigenvalue weighted by atomic mass is 10.2. The van der Waals surface area contributed by atoms with Gasteiger partial charge in [0.2, 0.25) is 0 Å². The average Bonchev–Trinajstić information content (AvgIpc) is 2.16. The van der Waals surface area contributed by atoms with Crippen molar-refractivity contribution in [3.63, 3.8) is 0 Å². The van der Waals surface area contributed by atoms with Crippen LogP contribution in [0.4, 0.5) is 0 Å². The maximum atomic E-state index is 5.64. The number of rotatable bonds is 4. The number of likely N-dealkylation sites (N-methyl/N-ethyl adjacent to an activating group) is 1. The minimum absolute atomic E-state index is 0.441. The van der Waals surface area contributed by atoms with Gasteiger partial charge in [-0.25, -0.2) is 0 Å². The van der Waals surface area contributed by atoms with E-state index in [0.717, 1.165) is 12.4 Å². The van der Waals surface area contributed by atoms with Gasteiger partial charge in [-0.15, -0.1) is 0 Å². The molecule has 0 aliphatic rings.